The van der Waals surface area contributed by atoms with E-state index in [1.165, 1.54) is 4.88 Å². The molecule has 33 heavy (non-hydrogen) atoms. The molecule has 1 aromatic heterocycles. The third-order valence-corrected chi connectivity index (χ3v) is 7.48. The zero-order valence-corrected chi connectivity index (χ0v) is 19.9. The molecule has 0 radical (unpaired) electrons. The first kappa shape index (κ1) is 21.7. The van der Waals surface area contributed by atoms with E-state index in [1.807, 2.05) is 45.0 Å². The third kappa shape index (κ3) is 4.02. The topological polar surface area (TPSA) is 55.4 Å². The molecule has 2 heterocycles. The molecule has 2 aromatic carbocycles. The highest BCUT2D eigenvalue weighted by atomic mass is 32.1. The lowest BCUT2D eigenvalue weighted by Crippen LogP contribution is -2.36. The number of nitrogens with one attached hydrogen (secondary N) is 1. The highest BCUT2D eigenvalue weighted by molar-refractivity contribution is 7.10. The number of hydrogen-bond donors (Lipinski definition) is 1. The molecule has 1 aliphatic carbocycles. The van der Waals surface area contributed by atoms with Gasteiger partial charge in [-0.1, -0.05) is 48.5 Å². The van der Waals surface area contributed by atoms with E-state index in [0.717, 1.165) is 34.2 Å². The van der Waals surface area contributed by atoms with Gasteiger partial charge >= 0.3 is 5.97 Å². The maximum Gasteiger partial charge on any atom is 0.337 e. The Bertz CT molecular complexity index is 1300. The van der Waals surface area contributed by atoms with Gasteiger partial charge in [0.1, 0.15) is 0 Å². The van der Waals surface area contributed by atoms with Gasteiger partial charge in [0.15, 0.2) is 5.78 Å². The van der Waals surface area contributed by atoms with E-state index in [0.29, 0.717) is 17.6 Å². The molecular weight excluding hydrogens is 430 g/mol. The number of carbonyl (C=O) groups excluding carboxylic acids is 2. The fourth-order valence-electron chi connectivity index (χ4n) is 5.03. The van der Waals surface area contributed by atoms with Gasteiger partial charge in [0, 0.05) is 40.1 Å². The molecule has 0 fully saturated rings. The van der Waals surface area contributed by atoms with Crippen LogP contribution in [0.4, 0.5) is 0 Å². The van der Waals surface area contributed by atoms with Gasteiger partial charge in [0.2, 0.25) is 0 Å². The molecule has 1 aliphatic heterocycles. The van der Waals surface area contributed by atoms with E-state index in [-0.39, 0.29) is 23.8 Å². The Balaban J connectivity index is 1.64. The molecule has 0 saturated carbocycles. The lowest BCUT2D eigenvalue weighted by molar-refractivity contribution is -0.143. The van der Waals surface area contributed by atoms with Gasteiger partial charge in [0.05, 0.1) is 11.7 Å². The molecule has 0 amide bonds. The number of esters is 1. The molecule has 2 aliphatic rings. The van der Waals surface area contributed by atoms with Crippen LogP contribution in [0, 0.1) is 0 Å². The smallest absolute Gasteiger partial charge is 0.337 e. The molecule has 3 aromatic rings. The van der Waals surface area contributed by atoms with E-state index in [9.17, 15) is 9.59 Å². The van der Waals surface area contributed by atoms with Crippen LogP contribution in [0.3, 0.4) is 0 Å². The first-order valence-corrected chi connectivity index (χ1v) is 12.3. The Morgan fingerprint density at radius 1 is 1.06 bits per heavy atom. The first-order valence-electron chi connectivity index (χ1n) is 11.4. The quantitative estimate of drug-likeness (QED) is 0.473. The molecular formula is C28H27NO3S. The maximum absolute atomic E-state index is 13.6. The molecule has 0 unspecified atom stereocenters. The third-order valence-electron chi connectivity index (χ3n) is 6.44. The Morgan fingerprint density at radius 2 is 1.85 bits per heavy atom. The zero-order valence-electron chi connectivity index (χ0n) is 19.1. The van der Waals surface area contributed by atoms with Crippen LogP contribution in [0.1, 0.15) is 55.9 Å². The van der Waals surface area contributed by atoms with Gasteiger partial charge in [-0.3, -0.25) is 4.79 Å². The summed E-state index contributed by atoms with van der Waals surface area (Å²) in [5.74, 6) is -0.539. The molecule has 168 valence electrons. The average molecular weight is 458 g/mol. The molecule has 0 saturated heterocycles. The van der Waals surface area contributed by atoms with Crippen molar-refractivity contribution in [1.29, 1.82) is 0 Å². The summed E-state index contributed by atoms with van der Waals surface area (Å²) in [5, 5.41) is 7.70. The predicted molar refractivity (Wildman–Crippen MR) is 132 cm³/mol. The van der Waals surface area contributed by atoms with Crippen molar-refractivity contribution in [1.82, 2.24) is 5.32 Å². The number of ketones is 1. The van der Waals surface area contributed by atoms with Gasteiger partial charge in [-0.2, -0.15) is 0 Å². The van der Waals surface area contributed by atoms with Crippen molar-refractivity contribution in [2.45, 2.75) is 51.6 Å². The van der Waals surface area contributed by atoms with Crippen LogP contribution in [0.15, 0.2) is 82.5 Å². The Hall–Kier alpha value is -3.18. The monoisotopic (exact) mass is 457 g/mol. The normalized spacial score (nSPS) is 20.8. The summed E-state index contributed by atoms with van der Waals surface area (Å²) >= 11 is 1.69. The zero-order chi connectivity index (χ0) is 23.1. The van der Waals surface area contributed by atoms with Crippen LogP contribution in [-0.4, -0.2) is 17.9 Å². The van der Waals surface area contributed by atoms with Crippen molar-refractivity contribution in [3.8, 4) is 0 Å². The number of dihydropyridines is 1. The minimum Gasteiger partial charge on any atom is -0.460 e. The number of carbonyl (C=O) groups is 2. The van der Waals surface area contributed by atoms with Crippen LogP contribution in [-0.2, 0) is 14.3 Å². The van der Waals surface area contributed by atoms with E-state index < -0.39 is 5.92 Å². The summed E-state index contributed by atoms with van der Waals surface area (Å²) in [7, 11) is 0. The SMILES string of the molecule is CC1=C(C(=O)OC(C)C)[C@H](c2ccc3ccccc3c2)C2=C(C[C@@H](c3cccs3)CC2=O)N1. The lowest BCUT2D eigenvalue weighted by Gasteiger charge is -2.36. The average Bonchev–Trinajstić information content (AvgIpc) is 3.32. The Morgan fingerprint density at radius 3 is 2.58 bits per heavy atom. The molecule has 0 bridgehead atoms. The van der Waals surface area contributed by atoms with Crippen molar-refractivity contribution in [3.63, 3.8) is 0 Å². The van der Waals surface area contributed by atoms with E-state index in [2.05, 4.69) is 41.0 Å². The second-order valence-electron chi connectivity index (χ2n) is 9.09. The fourth-order valence-corrected chi connectivity index (χ4v) is 5.86. The largest absolute Gasteiger partial charge is 0.460 e. The summed E-state index contributed by atoms with van der Waals surface area (Å²) in [6.07, 6.45) is 0.974. The summed E-state index contributed by atoms with van der Waals surface area (Å²) in [5.41, 5.74) is 3.87. The van der Waals surface area contributed by atoms with Crippen molar-refractivity contribution < 1.29 is 14.3 Å². The van der Waals surface area contributed by atoms with Gasteiger partial charge in [-0.25, -0.2) is 4.79 Å². The summed E-state index contributed by atoms with van der Waals surface area (Å²) in [6, 6.07) is 18.5. The van der Waals surface area contributed by atoms with Crippen molar-refractivity contribution in [2.75, 3.05) is 0 Å². The van der Waals surface area contributed by atoms with Crippen molar-refractivity contribution in [3.05, 3.63) is 93.0 Å². The Kier molecular flexibility index (Phi) is 5.67. The van der Waals surface area contributed by atoms with Gasteiger partial charge in [-0.15, -0.1) is 11.3 Å². The summed E-state index contributed by atoms with van der Waals surface area (Å²) in [6.45, 7) is 5.60. The van der Waals surface area contributed by atoms with Gasteiger partial charge < -0.3 is 10.1 Å². The predicted octanol–water partition coefficient (Wildman–Crippen LogP) is 6.21. The molecule has 5 heteroatoms. The minimum absolute atomic E-state index is 0.0997. The Labute approximate surface area is 198 Å². The molecule has 4 nitrogen and oxygen atoms in total. The molecule has 5 rings (SSSR count). The number of rotatable bonds is 4. The lowest BCUT2D eigenvalue weighted by atomic mass is 9.72. The number of hydrogen-bond acceptors (Lipinski definition) is 5. The van der Waals surface area contributed by atoms with Gasteiger partial charge in [-0.05, 0) is 55.0 Å². The van der Waals surface area contributed by atoms with Crippen molar-refractivity contribution >= 4 is 33.9 Å². The standard InChI is InChI=1S/C28H27NO3S/c1-16(2)32-28(31)25-17(3)29-22-14-21(24-9-6-12-33-24)15-23(30)27(22)26(25)20-11-10-18-7-4-5-8-19(18)13-20/h4-13,16,21,26,29H,14-15H2,1-3H3/t21-,26+/m1/s1. The summed E-state index contributed by atoms with van der Waals surface area (Å²) < 4.78 is 5.63. The second kappa shape index (κ2) is 8.64. The summed E-state index contributed by atoms with van der Waals surface area (Å²) in [4.78, 5) is 28.1. The molecule has 2 atom stereocenters. The highest BCUT2D eigenvalue weighted by Crippen LogP contribution is 2.46. The van der Waals surface area contributed by atoms with Crippen LogP contribution >= 0.6 is 11.3 Å². The number of allylic oxidation sites excluding steroid dienone is 3. The number of thiophene rings is 1. The van der Waals surface area contributed by atoms with Crippen LogP contribution in [0.25, 0.3) is 10.8 Å². The van der Waals surface area contributed by atoms with E-state index in [1.54, 1.807) is 11.3 Å². The highest BCUT2D eigenvalue weighted by Gasteiger charge is 2.41. The number of ether oxygens (including phenoxy) is 1. The second-order valence-corrected chi connectivity index (χ2v) is 10.1. The number of fused-ring (bicyclic) bond motifs is 1. The van der Waals surface area contributed by atoms with Gasteiger partial charge in [0.25, 0.3) is 0 Å². The van der Waals surface area contributed by atoms with Crippen LogP contribution in [0.5, 0.6) is 0 Å². The fraction of sp³-hybridized carbons (Fsp3) is 0.286. The molecule has 1 N–H and O–H groups in total. The van der Waals surface area contributed by atoms with Crippen molar-refractivity contribution in [2.24, 2.45) is 0 Å². The molecule has 0 spiro atoms. The van der Waals surface area contributed by atoms with E-state index in [4.69, 9.17) is 4.74 Å². The maximum atomic E-state index is 13.6. The van der Waals surface area contributed by atoms with Crippen LogP contribution in [0.2, 0.25) is 0 Å². The first-order chi connectivity index (χ1) is 15.9. The minimum atomic E-state index is -0.436. The number of Topliss-reactive ketones (excluding diaryl/α,β-unsaturated/α-hetero) is 1. The van der Waals surface area contributed by atoms with Crippen LogP contribution < -0.4 is 5.32 Å². The van der Waals surface area contributed by atoms with E-state index >= 15 is 0 Å². The number of benzene rings is 2.